The number of nitro groups is 1. The fourth-order valence-electron chi connectivity index (χ4n) is 4.58. The number of rotatable bonds is 3. The largest absolute Gasteiger partial charge is 0.463 e. The lowest BCUT2D eigenvalue weighted by atomic mass is 9.76. The second-order valence-electron chi connectivity index (χ2n) is 8.53. The normalized spacial score (nSPS) is 20.3. The van der Waals surface area contributed by atoms with Crippen LogP contribution >= 0.6 is 0 Å². The average molecular weight is 426 g/mol. The van der Waals surface area contributed by atoms with Gasteiger partial charge in [-0.05, 0) is 68.0 Å². The highest BCUT2D eigenvalue weighted by Crippen LogP contribution is 2.54. The van der Waals surface area contributed by atoms with E-state index in [-0.39, 0.29) is 11.1 Å². The zero-order valence-corrected chi connectivity index (χ0v) is 18.0. The molecule has 2 heterocycles. The van der Waals surface area contributed by atoms with Crippen LogP contribution in [0.4, 0.5) is 22.7 Å². The molecule has 0 amide bonds. The molecular weight excluding hydrogens is 404 g/mol. The maximum Gasteiger partial charge on any atom is 0.269 e. The fraction of sp³-hybridized carbons (Fsp3) is 0.200. The molecule has 0 radical (unpaired) electrons. The van der Waals surface area contributed by atoms with Crippen molar-refractivity contribution < 1.29 is 9.66 Å². The van der Waals surface area contributed by atoms with E-state index >= 15 is 0 Å². The first-order valence-corrected chi connectivity index (χ1v) is 10.3. The smallest absolute Gasteiger partial charge is 0.269 e. The number of ether oxygens (including phenoxy) is 1. The number of azo groups is 1. The summed E-state index contributed by atoms with van der Waals surface area (Å²) in [5.74, 6) is 0.787. The molecule has 3 aromatic rings. The number of hydrogen-bond acceptors (Lipinski definition) is 6. The van der Waals surface area contributed by atoms with Gasteiger partial charge in [0.15, 0.2) is 0 Å². The highest BCUT2D eigenvalue weighted by molar-refractivity contribution is 5.73. The Kier molecular flexibility index (Phi) is 4.37. The Balaban J connectivity index is 1.43. The number of fused-ring (bicyclic) bond motifs is 2. The Morgan fingerprint density at radius 3 is 2.38 bits per heavy atom. The fourth-order valence-corrected chi connectivity index (χ4v) is 4.58. The summed E-state index contributed by atoms with van der Waals surface area (Å²) in [4.78, 5) is 12.5. The Morgan fingerprint density at radius 2 is 1.66 bits per heavy atom. The first-order chi connectivity index (χ1) is 15.3. The number of non-ortho nitro benzene ring substituents is 1. The maximum absolute atomic E-state index is 10.8. The van der Waals surface area contributed by atoms with Crippen LogP contribution in [0.15, 0.2) is 83.0 Å². The molecule has 2 aliphatic heterocycles. The van der Waals surface area contributed by atoms with Gasteiger partial charge in [-0.15, -0.1) is 0 Å². The number of hydrogen-bond donors (Lipinski definition) is 0. The summed E-state index contributed by atoms with van der Waals surface area (Å²) in [6.07, 6.45) is 4.19. The third-order valence-electron chi connectivity index (χ3n) is 6.42. The average Bonchev–Trinajstić information content (AvgIpc) is 2.96. The van der Waals surface area contributed by atoms with Gasteiger partial charge in [-0.25, -0.2) is 0 Å². The summed E-state index contributed by atoms with van der Waals surface area (Å²) in [5.41, 5.74) is 3.72. The van der Waals surface area contributed by atoms with Crippen molar-refractivity contribution in [3.63, 3.8) is 0 Å². The molecule has 3 aromatic carbocycles. The summed E-state index contributed by atoms with van der Waals surface area (Å²) in [5, 5.41) is 19.2. The summed E-state index contributed by atoms with van der Waals surface area (Å²) >= 11 is 0. The molecule has 0 N–H and O–H groups in total. The molecule has 7 nitrogen and oxygen atoms in total. The number of benzene rings is 3. The first kappa shape index (κ1) is 19.9. The summed E-state index contributed by atoms with van der Waals surface area (Å²) in [6.45, 7) is 4.41. The number of nitrogens with zero attached hydrogens (tertiary/aromatic N) is 4. The molecule has 0 aromatic heterocycles. The van der Waals surface area contributed by atoms with Gasteiger partial charge in [0.25, 0.3) is 5.69 Å². The summed E-state index contributed by atoms with van der Waals surface area (Å²) < 4.78 is 6.65. The quantitative estimate of drug-likeness (QED) is 0.270. The Labute approximate surface area is 185 Å². The minimum Gasteiger partial charge on any atom is -0.463 e. The van der Waals surface area contributed by atoms with Crippen molar-refractivity contribution in [1.29, 1.82) is 0 Å². The van der Waals surface area contributed by atoms with Gasteiger partial charge in [-0.2, -0.15) is 10.2 Å². The van der Waals surface area contributed by atoms with E-state index in [1.54, 1.807) is 12.1 Å². The molecule has 0 saturated carbocycles. The van der Waals surface area contributed by atoms with Crippen molar-refractivity contribution in [2.75, 3.05) is 11.9 Å². The van der Waals surface area contributed by atoms with Crippen LogP contribution in [0, 0.1) is 10.1 Å². The van der Waals surface area contributed by atoms with Crippen LogP contribution in [0.25, 0.3) is 6.08 Å². The molecule has 0 unspecified atom stereocenters. The third kappa shape index (κ3) is 2.89. The van der Waals surface area contributed by atoms with Crippen LogP contribution in [0.5, 0.6) is 5.75 Å². The molecule has 1 spiro atoms. The van der Waals surface area contributed by atoms with Gasteiger partial charge in [-0.1, -0.05) is 18.2 Å². The second-order valence-corrected chi connectivity index (χ2v) is 8.53. The number of likely N-dealkylation sites (N-methyl/N-ethyl adjacent to an activating group) is 1. The van der Waals surface area contributed by atoms with Crippen LogP contribution in [0.1, 0.15) is 25.0 Å². The number of nitro benzene ring substituents is 1. The third-order valence-corrected chi connectivity index (χ3v) is 6.42. The highest BCUT2D eigenvalue weighted by Gasteiger charge is 2.57. The van der Waals surface area contributed by atoms with Crippen molar-refractivity contribution in [2.24, 2.45) is 10.2 Å². The van der Waals surface area contributed by atoms with Crippen molar-refractivity contribution in [1.82, 2.24) is 0 Å². The van der Waals surface area contributed by atoms with E-state index in [4.69, 9.17) is 4.74 Å². The predicted octanol–water partition coefficient (Wildman–Crippen LogP) is 6.54. The van der Waals surface area contributed by atoms with E-state index < -0.39 is 10.6 Å². The Morgan fingerprint density at radius 1 is 0.969 bits per heavy atom. The molecule has 7 heteroatoms. The lowest BCUT2D eigenvalue weighted by Crippen LogP contribution is -2.58. The van der Waals surface area contributed by atoms with Crippen LogP contribution in [0.3, 0.4) is 0 Å². The van der Waals surface area contributed by atoms with Gasteiger partial charge in [0.2, 0.25) is 5.72 Å². The zero-order valence-electron chi connectivity index (χ0n) is 18.0. The molecule has 0 fully saturated rings. The highest BCUT2D eigenvalue weighted by atomic mass is 16.6. The van der Waals surface area contributed by atoms with Crippen LogP contribution in [0.2, 0.25) is 0 Å². The van der Waals surface area contributed by atoms with E-state index in [2.05, 4.69) is 66.4 Å². The number of anilines is 1. The molecule has 32 heavy (non-hydrogen) atoms. The SMILES string of the molecule is CN1c2ccccc2C(C)(C)[C@]12C=Cc1cc(N=Nc3ccc([N+](=O)[O-])cc3)ccc1O2. The summed E-state index contributed by atoms with van der Waals surface area (Å²) in [6, 6.07) is 20.1. The van der Waals surface area contributed by atoms with Gasteiger partial charge in [0.1, 0.15) is 5.75 Å². The van der Waals surface area contributed by atoms with Crippen molar-refractivity contribution in [2.45, 2.75) is 25.0 Å². The lowest BCUT2D eigenvalue weighted by molar-refractivity contribution is -0.384. The molecule has 0 aliphatic carbocycles. The molecule has 5 rings (SSSR count). The predicted molar refractivity (Wildman–Crippen MR) is 124 cm³/mol. The maximum atomic E-state index is 10.8. The zero-order chi connectivity index (χ0) is 22.5. The molecule has 160 valence electrons. The number of para-hydroxylation sites is 1. The second kappa shape index (κ2) is 7.02. The standard InChI is InChI=1S/C25H22N4O3/c1-24(2)21-6-4-5-7-22(21)28(3)25(24)15-14-17-16-19(10-13-23(17)32-25)27-26-18-8-11-20(12-9-18)29(30)31/h4-16H,1-3H3/t25-/m1/s1. The molecule has 2 aliphatic rings. The van der Waals surface area contributed by atoms with Crippen LogP contribution < -0.4 is 9.64 Å². The first-order valence-electron chi connectivity index (χ1n) is 10.3. The van der Waals surface area contributed by atoms with Gasteiger partial charge in [0, 0.05) is 30.4 Å². The van der Waals surface area contributed by atoms with E-state index in [1.807, 2.05) is 24.3 Å². The lowest BCUT2D eigenvalue weighted by Gasteiger charge is -2.45. The van der Waals surface area contributed by atoms with Gasteiger partial charge in [-0.3, -0.25) is 10.1 Å². The van der Waals surface area contributed by atoms with E-state index in [1.165, 1.54) is 23.4 Å². The Hall–Kier alpha value is -4.00. The van der Waals surface area contributed by atoms with E-state index in [0.29, 0.717) is 11.4 Å². The minimum atomic E-state index is -0.620. The van der Waals surface area contributed by atoms with Crippen molar-refractivity contribution >= 4 is 28.8 Å². The monoisotopic (exact) mass is 426 g/mol. The van der Waals surface area contributed by atoms with Crippen LogP contribution in [-0.2, 0) is 5.41 Å². The molecule has 0 bridgehead atoms. The van der Waals surface area contributed by atoms with Crippen molar-refractivity contribution in [3.05, 3.63) is 94.0 Å². The topological polar surface area (TPSA) is 80.3 Å². The van der Waals surface area contributed by atoms with E-state index in [0.717, 1.165) is 11.3 Å². The molecular formula is C25H22N4O3. The van der Waals surface area contributed by atoms with Crippen LogP contribution in [-0.4, -0.2) is 17.7 Å². The summed E-state index contributed by atoms with van der Waals surface area (Å²) in [7, 11) is 2.07. The Bertz CT molecular complexity index is 1280. The molecule has 0 saturated heterocycles. The molecule has 1 atom stereocenters. The minimum absolute atomic E-state index is 0.0240. The van der Waals surface area contributed by atoms with Crippen molar-refractivity contribution in [3.8, 4) is 5.75 Å². The van der Waals surface area contributed by atoms with E-state index in [9.17, 15) is 10.1 Å². The van der Waals surface area contributed by atoms with Gasteiger partial charge < -0.3 is 9.64 Å². The van der Waals surface area contributed by atoms with Gasteiger partial charge in [0.05, 0.1) is 21.7 Å². The van der Waals surface area contributed by atoms with Gasteiger partial charge >= 0.3 is 0 Å².